The standard InChI is InChI=1S/C67H110O12/c1-4-7-10-13-16-19-22-25-28-30-33-35-38-41-44-47-50-53-59(68)75-56-58(77-60(69)54-51-48-45-42-39-36-32-27-24-21-18-15-12-9-6-3)57-76-67-65(63(72)62(71)64(79-67)66(73)74)78-61(70)55-52-49-46-43-40-37-34-31-29-26-23-20-17-14-11-8-5-2/h7,9-10,12,16-21,25-29,32,58,62-65,67,71-72H,4-6,8,11,13-15,22-24,30-31,33-57H2,1-3H3,(H,73,74)/b10-7-,12-9-,19-16-,20-17-,21-18-,28-25-,29-26-,32-27-. The molecule has 1 rings (SSSR count). The van der Waals surface area contributed by atoms with Gasteiger partial charge in [0.25, 0.3) is 0 Å². The Morgan fingerprint density at radius 1 is 0.430 bits per heavy atom. The minimum Gasteiger partial charge on any atom is -0.479 e. The zero-order valence-corrected chi connectivity index (χ0v) is 49.6. The molecule has 79 heavy (non-hydrogen) atoms. The lowest BCUT2D eigenvalue weighted by molar-refractivity contribution is -0.301. The Kier molecular flexibility index (Phi) is 49.9. The highest BCUT2D eigenvalue weighted by atomic mass is 16.7. The van der Waals surface area contributed by atoms with Gasteiger partial charge >= 0.3 is 23.9 Å². The van der Waals surface area contributed by atoms with Crippen LogP contribution < -0.4 is 0 Å². The van der Waals surface area contributed by atoms with Crippen LogP contribution in [0, 0.1) is 0 Å². The first kappa shape index (κ1) is 72.7. The van der Waals surface area contributed by atoms with Gasteiger partial charge in [-0.25, -0.2) is 4.79 Å². The maximum absolute atomic E-state index is 13.2. The number of hydrogen-bond donors (Lipinski definition) is 3. The van der Waals surface area contributed by atoms with E-state index in [1.807, 2.05) is 0 Å². The van der Waals surface area contributed by atoms with Gasteiger partial charge in [0.2, 0.25) is 0 Å². The average molecular weight is 1110 g/mol. The highest BCUT2D eigenvalue weighted by Crippen LogP contribution is 2.26. The number of esters is 3. The second kappa shape index (κ2) is 54.2. The molecule has 0 aromatic carbocycles. The molecule has 3 N–H and O–H groups in total. The largest absolute Gasteiger partial charge is 0.479 e. The van der Waals surface area contributed by atoms with E-state index < -0.39 is 67.3 Å². The van der Waals surface area contributed by atoms with Crippen LogP contribution in [-0.4, -0.2) is 89.2 Å². The van der Waals surface area contributed by atoms with Crippen LogP contribution in [0.4, 0.5) is 0 Å². The monoisotopic (exact) mass is 1110 g/mol. The van der Waals surface area contributed by atoms with Gasteiger partial charge in [0.15, 0.2) is 24.6 Å². The molecule has 12 nitrogen and oxygen atoms in total. The molecule has 0 bridgehead atoms. The van der Waals surface area contributed by atoms with Crippen molar-refractivity contribution in [2.24, 2.45) is 0 Å². The summed E-state index contributed by atoms with van der Waals surface area (Å²) in [6.07, 6.45) is 59.3. The molecule has 0 aromatic rings. The van der Waals surface area contributed by atoms with Crippen LogP contribution in [0.1, 0.15) is 252 Å². The summed E-state index contributed by atoms with van der Waals surface area (Å²) in [5.41, 5.74) is 0. The molecule has 0 aromatic heterocycles. The topological polar surface area (TPSA) is 175 Å². The second-order valence-corrected chi connectivity index (χ2v) is 20.9. The summed E-state index contributed by atoms with van der Waals surface area (Å²) in [4.78, 5) is 51.3. The van der Waals surface area contributed by atoms with E-state index in [-0.39, 0.29) is 25.9 Å². The van der Waals surface area contributed by atoms with Gasteiger partial charge in [0.1, 0.15) is 18.8 Å². The Labute approximate surface area is 479 Å². The number of aliphatic hydroxyl groups is 2. The van der Waals surface area contributed by atoms with Gasteiger partial charge in [-0.05, 0) is 116 Å². The molecule has 0 radical (unpaired) electrons. The Hall–Kier alpha value is -4.36. The molecule has 1 fully saturated rings. The summed E-state index contributed by atoms with van der Waals surface area (Å²) in [7, 11) is 0. The molecular formula is C67H110O12. The van der Waals surface area contributed by atoms with E-state index in [1.165, 1.54) is 25.7 Å². The van der Waals surface area contributed by atoms with Crippen LogP contribution in [0.15, 0.2) is 97.2 Å². The number of aliphatic carboxylic acids is 1. The Morgan fingerprint density at radius 2 is 0.797 bits per heavy atom. The number of carbonyl (C=O) groups excluding carboxylic acids is 3. The molecule has 0 amide bonds. The summed E-state index contributed by atoms with van der Waals surface area (Å²) >= 11 is 0. The lowest BCUT2D eigenvalue weighted by Gasteiger charge is -2.40. The molecule has 6 unspecified atom stereocenters. The van der Waals surface area contributed by atoms with Gasteiger partial charge < -0.3 is 39.0 Å². The van der Waals surface area contributed by atoms with Crippen LogP contribution in [-0.2, 0) is 42.9 Å². The number of aliphatic hydroxyl groups excluding tert-OH is 2. The fraction of sp³-hybridized carbons (Fsp3) is 0.701. The third-order valence-electron chi connectivity index (χ3n) is 13.6. The summed E-state index contributed by atoms with van der Waals surface area (Å²) in [6.45, 7) is 5.73. The molecule has 6 atom stereocenters. The van der Waals surface area contributed by atoms with Crippen molar-refractivity contribution in [3.8, 4) is 0 Å². The lowest BCUT2D eigenvalue weighted by atomic mass is 9.98. The van der Waals surface area contributed by atoms with Crippen molar-refractivity contribution in [3.05, 3.63) is 97.2 Å². The van der Waals surface area contributed by atoms with Crippen molar-refractivity contribution in [2.45, 2.75) is 289 Å². The summed E-state index contributed by atoms with van der Waals surface area (Å²) < 4.78 is 28.5. The molecule has 12 heteroatoms. The SMILES string of the molecule is CC/C=C\C/C=C\C/C=C\CCCCCCCCCC(=O)OCC(COC1OC(C(=O)O)C(O)C(O)C1OC(=O)CCCCCCCCC/C=C\C/C=C\CCCCC)OC(=O)CCCCCCC/C=C\C/C=C\C/C=C\CC. The molecule has 1 saturated heterocycles. The summed E-state index contributed by atoms with van der Waals surface area (Å²) in [5, 5.41) is 31.6. The second-order valence-electron chi connectivity index (χ2n) is 20.9. The van der Waals surface area contributed by atoms with Crippen molar-refractivity contribution in [2.75, 3.05) is 13.2 Å². The van der Waals surface area contributed by atoms with E-state index >= 15 is 0 Å². The first-order valence-electron chi connectivity index (χ1n) is 31.2. The normalized spacial score (nSPS) is 18.5. The van der Waals surface area contributed by atoms with Gasteiger partial charge in [-0.1, -0.05) is 214 Å². The van der Waals surface area contributed by atoms with Crippen LogP contribution in [0.25, 0.3) is 0 Å². The number of ether oxygens (including phenoxy) is 5. The van der Waals surface area contributed by atoms with Crippen molar-refractivity contribution >= 4 is 23.9 Å². The lowest BCUT2D eigenvalue weighted by Crippen LogP contribution is -2.61. The van der Waals surface area contributed by atoms with Gasteiger partial charge in [0, 0.05) is 19.3 Å². The van der Waals surface area contributed by atoms with E-state index in [1.54, 1.807) is 0 Å². The zero-order valence-electron chi connectivity index (χ0n) is 49.6. The number of allylic oxidation sites excluding steroid dienone is 16. The number of hydrogen-bond acceptors (Lipinski definition) is 11. The van der Waals surface area contributed by atoms with Gasteiger partial charge in [-0.3, -0.25) is 14.4 Å². The predicted octanol–water partition coefficient (Wildman–Crippen LogP) is 16.5. The third-order valence-corrected chi connectivity index (χ3v) is 13.6. The fourth-order valence-electron chi connectivity index (χ4n) is 8.90. The van der Waals surface area contributed by atoms with Crippen molar-refractivity contribution in [3.63, 3.8) is 0 Å². The Morgan fingerprint density at radius 3 is 1.22 bits per heavy atom. The number of carboxylic acids is 1. The molecule has 1 aliphatic rings. The van der Waals surface area contributed by atoms with E-state index in [4.69, 9.17) is 23.7 Å². The van der Waals surface area contributed by atoms with Crippen molar-refractivity contribution in [1.29, 1.82) is 0 Å². The fourth-order valence-corrected chi connectivity index (χ4v) is 8.90. The van der Waals surface area contributed by atoms with Gasteiger partial charge in [0.05, 0.1) is 6.61 Å². The Balaban J connectivity index is 2.69. The number of carboxylic acid groups (broad SMARTS) is 1. The van der Waals surface area contributed by atoms with Crippen molar-refractivity contribution in [1.82, 2.24) is 0 Å². The third kappa shape index (κ3) is 44.0. The van der Waals surface area contributed by atoms with Gasteiger partial charge in [-0.15, -0.1) is 0 Å². The smallest absolute Gasteiger partial charge is 0.335 e. The first-order valence-corrected chi connectivity index (χ1v) is 31.2. The Bertz CT molecular complexity index is 1740. The number of carbonyl (C=O) groups is 4. The first-order chi connectivity index (χ1) is 38.6. The summed E-state index contributed by atoms with van der Waals surface area (Å²) in [6, 6.07) is 0. The number of unbranched alkanes of at least 4 members (excludes halogenated alkanes) is 22. The quantitative estimate of drug-likeness (QED) is 0.0228. The zero-order chi connectivity index (χ0) is 57.5. The molecule has 1 aliphatic heterocycles. The van der Waals surface area contributed by atoms with Crippen molar-refractivity contribution < 1.29 is 58.2 Å². The van der Waals surface area contributed by atoms with E-state index in [2.05, 4.69) is 118 Å². The summed E-state index contributed by atoms with van der Waals surface area (Å²) in [5.74, 6) is -3.17. The molecule has 450 valence electrons. The molecule has 1 heterocycles. The van der Waals surface area contributed by atoms with Gasteiger partial charge in [-0.2, -0.15) is 0 Å². The van der Waals surface area contributed by atoms with Crippen LogP contribution in [0.3, 0.4) is 0 Å². The predicted molar refractivity (Wildman–Crippen MR) is 321 cm³/mol. The maximum atomic E-state index is 13.2. The highest BCUT2D eigenvalue weighted by molar-refractivity contribution is 5.74. The highest BCUT2D eigenvalue weighted by Gasteiger charge is 2.50. The minimum atomic E-state index is -1.91. The molecule has 0 aliphatic carbocycles. The van der Waals surface area contributed by atoms with E-state index in [9.17, 15) is 34.5 Å². The maximum Gasteiger partial charge on any atom is 0.335 e. The van der Waals surface area contributed by atoms with Crippen LogP contribution in [0.2, 0.25) is 0 Å². The number of rotatable bonds is 52. The minimum absolute atomic E-state index is 0.0448. The van der Waals surface area contributed by atoms with Crippen LogP contribution >= 0.6 is 0 Å². The molecular weight excluding hydrogens is 997 g/mol. The van der Waals surface area contributed by atoms with E-state index in [0.29, 0.717) is 19.3 Å². The average Bonchev–Trinajstić information content (AvgIpc) is 3.47. The van der Waals surface area contributed by atoms with E-state index in [0.717, 1.165) is 167 Å². The molecule has 0 saturated carbocycles. The van der Waals surface area contributed by atoms with Crippen LogP contribution in [0.5, 0.6) is 0 Å². The molecule has 0 spiro atoms.